The fourth-order valence-corrected chi connectivity index (χ4v) is 1.35. The highest BCUT2D eigenvalue weighted by atomic mass is 16.4. The highest BCUT2D eigenvalue weighted by molar-refractivity contribution is 5.86. The predicted octanol–water partition coefficient (Wildman–Crippen LogP) is 0.146. The van der Waals surface area contributed by atoms with E-state index in [0.29, 0.717) is 0 Å². The van der Waals surface area contributed by atoms with Crippen LogP contribution in [0.1, 0.15) is 12.5 Å². The smallest absolute Gasteiger partial charge is 0.326 e. The average Bonchev–Trinajstić information content (AvgIpc) is 2.29. The highest BCUT2D eigenvalue weighted by Crippen LogP contribution is 2.03. The number of benzene rings is 1. The number of carboxylic acids is 1. The summed E-state index contributed by atoms with van der Waals surface area (Å²) in [6.07, 6.45) is 0.245. The van der Waals surface area contributed by atoms with E-state index in [9.17, 15) is 9.59 Å². The Kier molecular flexibility index (Phi) is 4.66. The SMILES string of the molecule is CC(N)C(=O)N[C@@H](Cc1ccccc1)C(=O)O. The molecule has 2 atom stereocenters. The maximum Gasteiger partial charge on any atom is 0.326 e. The zero-order valence-electron chi connectivity index (χ0n) is 9.59. The van der Waals surface area contributed by atoms with Crippen LogP contribution in [0.3, 0.4) is 0 Å². The third-order valence-corrected chi connectivity index (χ3v) is 2.31. The van der Waals surface area contributed by atoms with Gasteiger partial charge < -0.3 is 16.2 Å². The molecule has 0 radical (unpaired) electrons. The van der Waals surface area contributed by atoms with Crippen molar-refractivity contribution in [2.75, 3.05) is 0 Å². The standard InChI is InChI=1S/C12H16N2O3/c1-8(13)11(15)14-10(12(16)17)7-9-5-3-2-4-6-9/h2-6,8,10H,7,13H2,1H3,(H,14,15)(H,16,17)/t8?,10-/m0/s1. The minimum absolute atomic E-state index is 0.245. The topological polar surface area (TPSA) is 92.4 Å². The first kappa shape index (κ1) is 13.2. The van der Waals surface area contributed by atoms with Crippen LogP contribution >= 0.6 is 0 Å². The van der Waals surface area contributed by atoms with Gasteiger partial charge in [-0.15, -0.1) is 0 Å². The second kappa shape index (κ2) is 6.00. The summed E-state index contributed by atoms with van der Waals surface area (Å²) < 4.78 is 0. The number of nitrogens with one attached hydrogen (secondary N) is 1. The van der Waals surface area contributed by atoms with Gasteiger partial charge in [-0.2, -0.15) is 0 Å². The Morgan fingerprint density at radius 1 is 1.35 bits per heavy atom. The van der Waals surface area contributed by atoms with Crippen LogP contribution in [0.5, 0.6) is 0 Å². The van der Waals surface area contributed by atoms with Gasteiger partial charge in [-0.1, -0.05) is 30.3 Å². The van der Waals surface area contributed by atoms with Gasteiger partial charge in [-0.25, -0.2) is 4.79 Å². The molecule has 1 aromatic rings. The van der Waals surface area contributed by atoms with Gasteiger partial charge in [-0.05, 0) is 12.5 Å². The van der Waals surface area contributed by atoms with Crippen molar-refractivity contribution < 1.29 is 14.7 Å². The van der Waals surface area contributed by atoms with Crippen LogP contribution in [0.2, 0.25) is 0 Å². The lowest BCUT2D eigenvalue weighted by Gasteiger charge is -2.16. The molecule has 17 heavy (non-hydrogen) atoms. The molecule has 0 saturated heterocycles. The summed E-state index contributed by atoms with van der Waals surface area (Å²) >= 11 is 0. The van der Waals surface area contributed by atoms with Crippen molar-refractivity contribution in [3.05, 3.63) is 35.9 Å². The number of rotatable bonds is 5. The maximum atomic E-state index is 11.3. The number of carbonyl (C=O) groups is 2. The van der Waals surface area contributed by atoms with E-state index in [-0.39, 0.29) is 6.42 Å². The molecule has 0 aliphatic heterocycles. The van der Waals surface area contributed by atoms with Crippen molar-refractivity contribution in [2.45, 2.75) is 25.4 Å². The molecule has 0 fully saturated rings. The lowest BCUT2D eigenvalue weighted by atomic mass is 10.1. The largest absolute Gasteiger partial charge is 0.480 e. The van der Waals surface area contributed by atoms with E-state index in [1.807, 2.05) is 30.3 Å². The minimum Gasteiger partial charge on any atom is -0.480 e. The van der Waals surface area contributed by atoms with Gasteiger partial charge in [-0.3, -0.25) is 4.79 Å². The molecule has 1 unspecified atom stereocenters. The van der Waals surface area contributed by atoms with Gasteiger partial charge in [0.25, 0.3) is 0 Å². The van der Waals surface area contributed by atoms with Crippen molar-refractivity contribution in [3.63, 3.8) is 0 Å². The van der Waals surface area contributed by atoms with Crippen LogP contribution < -0.4 is 11.1 Å². The van der Waals surface area contributed by atoms with Crippen molar-refractivity contribution in [2.24, 2.45) is 5.73 Å². The van der Waals surface area contributed by atoms with Crippen LogP contribution in [0, 0.1) is 0 Å². The Bertz CT molecular complexity index is 390. The Morgan fingerprint density at radius 3 is 2.41 bits per heavy atom. The number of carbonyl (C=O) groups excluding carboxylic acids is 1. The van der Waals surface area contributed by atoms with E-state index >= 15 is 0 Å². The lowest BCUT2D eigenvalue weighted by Crippen LogP contribution is -2.48. The van der Waals surface area contributed by atoms with Gasteiger partial charge in [0.1, 0.15) is 6.04 Å². The van der Waals surface area contributed by atoms with E-state index in [1.54, 1.807) is 0 Å². The normalized spacial score (nSPS) is 13.8. The molecule has 5 nitrogen and oxygen atoms in total. The van der Waals surface area contributed by atoms with Gasteiger partial charge in [0.15, 0.2) is 0 Å². The first-order chi connectivity index (χ1) is 8.00. The summed E-state index contributed by atoms with van der Waals surface area (Å²) in [6, 6.07) is 7.45. The monoisotopic (exact) mass is 236 g/mol. The van der Waals surface area contributed by atoms with Gasteiger partial charge >= 0.3 is 5.97 Å². The molecule has 0 heterocycles. The first-order valence-corrected chi connectivity index (χ1v) is 5.33. The molecule has 4 N–H and O–H groups in total. The minimum atomic E-state index is -1.07. The molecule has 1 aromatic carbocycles. The molecular weight excluding hydrogens is 220 g/mol. The molecule has 0 bridgehead atoms. The number of carboxylic acid groups (broad SMARTS) is 1. The van der Waals surface area contributed by atoms with Gasteiger partial charge in [0, 0.05) is 6.42 Å². The summed E-state index contributed by atoms with van der Waals surface area (Å²) in [5.74, 6) is -1.53. The van der Waals surface area contributed by atoms with E-state index in [4.69, 9.17) is 10.8 Å². The Morgan fingerprint density at radius 2 is 1.94 bits per heavy atom. The third kappa shape index (κ3) is 4.24. The molecule has 0 aliphatic carbocycles. The highest BCUT2D eigenvalue weighted by Gasteiger charge is 2.21. The molecule has 0 aromatic heterocycles. The molecule has 0 aliphatic rings. The fourth-order valence-electron chi connectivity index (χ4n) is 1.35. The van der Waals surface area contributed by atoms with Crippen LogP contribution in [0.15, 0.2) is 30.3 Å². The van der Waals surface area contributed by atoms with Gasteiger partial charge in [0.2, 0.25) is 5.91 Å². The summed E-state index contributed by atoms with van der Waals surface area (Å²) in [5.41, 5.74) is 6.22. The first-order valence-electron chi connectivity index (χ1n) is 5.33. The van der Waals surface area contributed by atoms with Crippen molar-refractivity contribution >= 4 is 11.9 Å². The fraction of sp³-hybridized carbons (Fsp3) is 0.333. The molecule has 92 valence electrons. The summed E-state index contributed by atoms with van der Waals surface area (Å²) in [5, 5.41) is 11.4. The average molecular weight is 236 g/mol. The van der Waals surface area contributed by atoms with Crippen molar-refractivity contribution in [1.29, 1.82) is 0 Å². The number of nitrogens with two attached hydrogens (primary N) is 1. The summed E-state index contributed by atoms with van der Waals surface area (Å²) in [7, 11) is 0. The molecule has 1 amide bonds. The summed E-state index contributed by atoms with van der Waals surface area (Å²) in [4.78, 5) is 22.4. The van der Waals surface area contributed by atoms with Crippen molar-refractivity contribution in [3.8, 4) is 0 Å². The zero-order valence-corrected chi connectivity index (χ0v) is 9.59. The van der Waals surface area contributed by atoms with E-state index in [0.717, 1.165) is 5.56 Å². The van der Waals surface area contributed by atoms with Crippen LogP contribution in [0.4, 0.5) is 0 Å². The second-order valence-corrected chi connectivity index (χ2v) is 3.88. The van der Waals surface area contributed by atoms with Crippen LogP contribution in [0.25, 0.3) is 0 Å². The molecule has 5 heteroatoms. The lowest BCUT2D eigenvalue weighted by molar-refractivity contribution is -0.141. The Balaban J connectivity index is 2.68. The second-order valence-electron chi connectivity index (χ2n) is 3.88. The zero-order chi connectivity index (χ0) is 12.8. The van der Waals surface area contributed by atoms with E-state index < -0.39 is 24.0 Å². The molecular formula is C12H16N2O3. The maximum absolute atomic E-state index is 11.3. The Hall–Kier alpha value is -1.88. The van der Waals surface area contributed by atoms with Crippen LogP contribution in [-0.4, -0.2) is 29.1 Å². The molecule has 0 saturated carbocycles. The van der Waals surface area contributed by atoms with E-state index in [2.05, 4.69) is 5.32 Å². The Labute approximate surface area is 99.6 Å². The number of amides is 1. The van der Waals surface area contributed by atoms with Crippen LogP contribution in [-0.2, 0) is 16.0 Å². The quantitative estimate of drug-likeness (QED) is 0.678. The molecule has 1 rings (SSSR count). The number of hydrogen-bond acceptors (Lipinski definition) is 3. The van der Waals surface area contributed by atoms with E-state index in [1.165, 1.54) is 6.92 Å². The molecule has 0 spiro atoms. The third-order valence-electron chi connectivity index (χ3n) is 2.31. The summed E-state index contributed by atoms with van der Waals surface area (Å²) in [6.45, 7) is 1.51. The van der Waals surface area contributed by atoms with Gasteiger partial charge in [0.05, 0.1) is 6.04 Å². The predicted molar refractivity (Wildman–Crippen MR) is 63.4 cm³/mol. The number of hydrogen-bond donors (Lipinski definition) is 3. The number of aliphatic carboxylic acids is 1. The van der Waals surface area contributed by atoms with Crippen molar-refractivity contribution in [1.82, 2.24) is 5.32 Å².